The monoisotopic (exact) mass is 379 g/mol. The highest BCUT2D eigenvalue weighted by Crippen LogP contribution is 2.30. The number of H-pyrrole nitrogens is 1. The second-order valence-electron chi connectivity index (χ2n) is 6.65. The predicted octanol–water partition coefficient (Wildman–Crippen LogP) is 4.52. The molecule has 0 atom stereocenters. The van der Waals surface area contributed by atoms with E-state index in [-0.39, 0.29) is 12.5 Å². The summed E-state index contributed by atoms with van der Waals surface area (Å²) in [7, 11) is 0. The molecule has 4 aromatic rings. The molecule has 0 spiro atoms. The molecule has 0 saturated heterocycles. The van der Waals surface area contributed by atoms with Gasteiger partial charge in [-0.1, -0.05) is 5.16 Å². The van der Waals surface area contributed by atoms with E-state index >= 15 is 0 Å². The SMILES string of the molecule is O=C(OCc1nc(-c2ccsc2)no1)c1ccc2[nH]c3c(c2c1)CCCC3. The number of thiophene rings is 1. The molecule has 1 aliphatic carbocycles. The molecule has 3 aromatic heterocycles. The molecule has 0 bridgehead atoms. The third-order valence-corrected chi connectivity index (χ3v) is 5.59. The van der Waals surface area contributed by atoms with E-state index in [1.54, 1.807) is 17.4 Å². The molecular weight excluding hydrogens is 362 g/mol. The summed E-state index contributed by atoms with van der Waals surface area (Å²) < 4.78 is 10.5. The molecule has 0 saturated carbocycles. The third kappa shape index (κ3) is 3.04. The molecule has 136 valence electrons. The molecule has 1 N–H and O–H groups in total. The first kappa shape index (κ1) is 16.3. The highest BCUT2D eigenvalue weighted by atomic mass is 32.1. The van der Waals surface area contributed by atoms with Crippen LogP contribution in [0.1, 0.15) is 40.3 Å². The lowest BCUT2D eigenvalue weighted by atomic mass is 9.95. The zero-order chi connectivity index (χ0) is 18.2. The van der Waals surface area contributed by atoms with Crippen LogP contribution in [0.15, 0.2) is 39.5 Å². The zero-order valence-corrected chi connectivity index (χ0v) is 15.3. The summed E-state index contributed by atoms with van der Waals surface area (Å²) in [4.78, 5) is 20.2. The van der Waals surface area contributed by atoms with Gasteiger partial charge in [-0.2, -0.15) is 16.3 Å². The number of ether oxygens (including phenoxy) is 1. The van der Waals surface area contributed by atoms with E-state index in [1.165, 1.54) is 24.1 Å². The number of esters is 1. The van der Waals surface area contributed by atoms with Gasteiger partial charge in [0, 0.05) is 27.5 Å². The fourth-order valence-electron chi connectivity index (χ4n) is 3.57. The minimum absolute atomic E-state index is 0.0424. The lowest BCUT2D eigenvalue weighted by Gasteiger charge is -2.10. The summed E-state index contributed by atoms with van der Waals surface area (Å²) in [6.45, 7) is -0.0424. The van der Waals surface area contributed by atoms with E-state index in [2.05, 4.69) is 15.1 Å². The third-order valence-electron chi connectivity index (χ3n) is 4.91. The van der Waals surface area contributed by atoms with Gasteiger partial charge in [0.15, 0.2) is 6.61 Å². The van der Waals surface area contributed by atoms with Gasteiger partial charge in [-0.3, -0.25) is 0 Å². The first-order valence-electron chi connectivity index (χ1n) is 8.94. The van der Waals surface area contributed by atoms with Crippen molar-refractivity contribution in [3.05, 3.63) is 57.7 Å². The van der Waals surface area contributed by atoms with E-state index < -0.39 is 5.97 Å². The summed E-state index contributed by atoms with van der Waals surface area (Å²) in [5.41, 5.74) is 5.14. The Balaban J connectivity index is 1.32. The Morgan fingerprint density at radius 2 is 2.19 bits per heavy atom. The van der Waals surface area contributed by atoms with Crippen molar-refractivity contribution in [3.63, 3.8) is 0 Å². The number of aromatic nitrogens is 3. The Morgan fingerprint density at radius 3 is 3.07 bits per heavy atom. The lowest BCUT2D eigenvalue weighted by molar-refractivity contribution is 0.0430. The largest absolute Gasteiger partial charge is 0.452 e. The summed E-state index contributed by atoms with van der Waals surface area (Å²) in [5, 5.41) is 8.92. The quantitative estimate of drug-likeness (QED) is 0.528. The average Bonchev–Trinajstić information content (AvgIpc) is 3.44. The van der Waals surface area contributed by atoms with Crippen molar-refractivity contribution in [2.45, 2.75) is 32.3 Å². The van der Waals surface area contributed by atoms with Gasteiger partial charge in [0.25, 0.3) is 5.89 Å². The molecule has 1 aromatic carbocycles. The van der Waals surface area contributed by atoms with E-state index in [9.17, 15) is 4.79 Å². The highest BCUT2D eigenvalue weighted by Gasteiger charge is 2.18. The summed E-state index contributed by atoms with van der Waals surface area (Å²) in [6.07, 6.45) is 4.54. The van der Waals surface area contributed by atoms with E-state index in [1.807, 2.05) is 29.0 Å². The van der Waals surface area contributed by atoms with Crippen LogP contribution in [0.3, 0.4) is 0 Å². The van der Waals surface area contributed by atoms with E-state index in [0.717, 1.165) is 29.3 Å². The standard InChI is InChI=1S/C20H17N3O3S/c24-20(25-10-18-22-19(23-26-18)13-7-8-27-11-13)12-5-6-17-15(9-12)14-3-1-2-4-16(14)21-17/h5-9,11,21H,1-4,10H2. The lowest BCUT2D eigenvalue weighted by Crippen LogP contribution is -2.05. The van der Waals surface area contributed by atoms with E-state index in [4.69, 9.17) is 9.26 Å². The molecule has 1 aliphatic rings. The van der Waals surface area contributed by atoms with Crippen LogP contribution in [-0.2, 0) is 24.2 Å². The van der Waals surface area contributed by atoms with Gasteiger partial charge in [-0.15, -0.1) is 0 Å². The van der Waals surface area contributed by atoms with Gasteiger partial charge in [0.1, 0.15) is 0 Å². The second kappa shape index (κ2) is 6.66. The van der Waals surface area contributed by atoms with Crippen LogP contribution in [0.5, 0.6) is 0 Å². The van der Waals surface area contributed by atoms with Gasteiger partial charge >= 0.3 is 5.97 Å². The minimum atomic E-state index is -0.391. The summed E-state index contributed by atoms with van der Waals surface area (Å²) >= 11 is 1.56. The zero-order valence-electron chi connectivity index (χ0n) is 14.5. The Kier molecular flexibility index (Phi) is 4.01. The van der Waals surface area contributed by atoms with Crippen LogP contribution >= 0.6 is 11.3 Å². The maximum Gasteiger partial charge on any atom is 0.338 e. The average molecular weight is 379 g/mol. The molecule has 7 heteroatoms. The fourth-order valence-corrected chi connectivity index (χ4v) is 4.20. The maximum absolute atomic E-state index is 12.5. The second-order valence-corrected chi connectivity index (χ2v) is 7.43. The molecule has 5 rings (SSSR count). The van der Waals surface area contributed by atoms with Crippen LogP contribution < -0.4 is 0 Å². The van der Waals surface area contributed by atoms with Gasteiger partial charge < -0.3 is 14.2 Å². The number of carbonyl (C=O) groups excluding carboxylic acids is 1. The molecule has 6 nitrogen and oxygen atoms in total. The number of aryl methyl sites for hydroxylation is 2. The van der Waals surface area contributed by atoms with Crippen molar-refractivity contribution >= 4 is 28.2 Å². The highest BCUT2D eigenvalue weighted by molar-refractivity contribution is 7.08. The van der Waals surface area contributed by atoms with Gasteiger partial charge in [0.05, 0.1) is 5.56 Å². The Bertz CT molecular complexity index is 1110. The van der Waals surface area contributed by atoms with Gasteiger partial charge in [-0.25, -0.2) is 4.79 Å². The number of rotatable bonds is 4. The number of carbonyl (C=O) groups is 1. The fraction of sp³-hybridized carbons (Fsp3) is 0.250. The molecular formula is C20H17N3O3S. The Hall–Kier alpha value is -2.93. The van der Waals surface area contributed by atoms with Gasteiger partial charge in [-0.05, 0) is 60.9 Å². The van der Waals surface area contributed by atoms with Crippen molar-refractivity contribution in [1.82, 2.24) is 15.1 Å². The summed E-state index contributed by atoms with van der Waals surface area (Å²) in [6, 6.07) is 7.57. The molecule has 0 aliphatic heterocycles. The molecule has 0 unspecified atom stereocenters. The van der Waals surface area contributed by atoms with Crippen LogP contribution in [0.25, 0.3) is 22.3 Å². The van der Waals surface area contributed by atoms with Crippen LogP contribution in [-0.4, -0.2) is 21.1 Å². The number of fused-ring (bicyclic) bond motifs is 3. The predicted molar refractivity (Wildman–Crippen MR) is 102 cm³/mol. The Morgan fingerprint density at radius 1 is 1.26 bits per heavy atom. The number of aromatic amines is 1. The first-order valence-corrected chi connectivity index (χ1v) is 9.88. The molecule has 0 radical (unpaired) electrons. The van der Waals surface area contributed by atoms with Crippen LogP contribution in [0.2, 0.25) is 0 Å². The number of nitrogens with one attached hydrogen (secondary N) is 1. The summed E-state index contributed by atoms with van der Waals surface area (Å²) in [5.74, 6) is 0.394. The number of hydrogen-bond acceptors (Lipinski definition) is 6. The van der Waals surface area contributed by atoms with Crippen molar-refractivity contribution in [3.8, 4) is 11.4 Å². The normalized spacial score (nSPS) is 13.6. The van der Waals surface area contributed by atoms with E-state index in [0.29, 0.717) is 11.4 Å². The van der Waals surface area contributed by atoms with Crippen molar-refractivity contribution in [2.24, 2.45) is 0 Å². The van der Waals surface area contributed by atoms with Crippen LogP contribution in [0, 0.1) is 0 Å². The molecule has 0 fully saturated rings. The van der Waals surface area contributed by atoms with Crippen molar-refractivity contribution in [1.29, 1.82) is 0 Å². The van der Waals surface area contributed by atoms with Crippen LogP contribution in [0.4, 0.5) is 0 Å². The molecule has 0 amide bonds. The van der Waals surface area contributed by atoms with Crippen molar-refractivity contribution in [2.75, 3.05) is 0 Å². The topological polar surface area (TPSA) is 81.0 Å². The number of benzene rings is 1. The Labute approximate surface area is 159 Å². The molecule has 3 heterocycles. The van der Waals surface area contributed by atoms with Gasteiger partial charge in [0.2, 0.25) is 5.82 Å². The number of hydrogen-bond donors (Lipinski definition) is 1. The molecule has 27 heavy (non-hydrogen) atoms. The number of nitrogens with zero attached hydrogens (tertiary/aromatic N) is 2. The maximum atomic E-state index is 12.5. The first-order chi connectivity index (χ1) is 13.3. The smallest absolute Gasteiger partial charge is 0.338 e. The van der Waals surface area contributed by atoms with Crippen molar-refractivity contribution < 1.29 is 14.1 Å². The minimum Gasteiger partial charge on any atom is -0.452 e.